The predicted octanol–water partition coefficient (Wildman–Crippen LogP) is 4.32. The zero-order chi connectivity index (χ0) is 19.0. The summed E-state index contributed by atoms with van der Waals surface area (Å²) in [5.74, 6) is -0.0387. The van der Waals surface area contributed by atoms with Gasteiger partial charge in [0.15, 0.2) is 0 Å². The highest BCUT2D eigenvalue weighted by Crippen LogP contribution is 2.16. The fourth-order valence-electron chi connectivity index (χ4n) is 2.34. The van der Waals surface area contributed by atoms with E-state index in [1.807, 2.05) is 31.2 Å². The molecule has 1 amide bonds. The number of nitrogens with one attached hydrogen (secondary N) is 1. The van der Waals surface area contributed by atoms with Crippen molar-refractivity contribution in [1.29, 1.82) is 0 Å². The molecule has 6 heteroatoms. The maximum atomic E-state index is 12.0. The van der Waals surface area contributed by atoms with Gasteiger partial charge in [0.1, 0.15) is 6.61 Å². The molecule has 0 aliphatic heterocycles. The van der Waals surface area contributed by atoms with Crippen molar-refractivity contribution < 1.29 is 22.7 Å². The maximum absolute atomic E-state index is 12.0. The lowest BCUT2D eigenvalue weighted by molar-refractivity contribution is -0.176. The van der Waals surface area contributed by atoms with E-state index in [1.54, 1.807) is 24.3 Å². The molecule has 0 radical (unpaired) electrons. The third kappa shape index (κ3) is 7.70. The van der Waals surface area contributed by atoms with Crippen LogP contribution < -0.4 is 5.32 Å². The molecule has 0 saturated carbocycles. The highest BCUT2D eigenvalue weighted by atomic mass is 19.4. The lowest BCUT2D eigenvalue weighted by atomic mass is 10.1. The smallest absolute Gasteiger partial charge is 0.367 e. The maximum Gasteiger partial charge on any atom is 0.411 e. The summed E-state index contributed by atoms with van der Waals surface area (Å²) in [6.45, 7) is 1.05. The van der Waals surface area contributed by atoms with Gasteiger partial charge in [-0.05, 0) is 30.0 Å². The Kier molecular flexibility index (Phi) is 7.21. The Morgan fingerprint density at radius 3 is 2.15 bits per heavy atom. The van der Waals surface area contributed by atoms with E-state index in [-0.39, 0.29) is 12.5 Å². The van der Waals surface area contributed by atoms with Gasteiger partial charge in [0.2, 0.25) is 5.91 Å². The molecular formula is C20H22F3NO2. The molecule has 0 atom stereocenters. The van der Waals surface area contributed by atoms with Crippen LogP contribution >= 0.6 is 0 Å². The second kappa shape index (κ2) is 9.38. The monoisotopic (exact) mass is 365 g/mol. The molecule has 0 bridgehead atoms. The SMILES string of the molecule is Cc1ccc(CCC(=O)NCc2ccc(COCC(F)(F)F)cc2)cc1. The summed E-state index contributed by atoms with van der Waals surface area (Å²) in [4.78, 5) is 11.9. The summed E-state index contributed by atoms with van der Waals surface area (Å²) >= 11 is 0. The van der Waals surface area contributed by atoms with Crippen LogP contribution in [-0.2, 0) is 29.1 Å². The topological polar surface area (TPSA) is 38.3 Å². The second-order valence-electron chi connectivity index (χ2n) is 6.19. The van der Waals surface area contributed by atoms with Gasteiger partial charge in [-0.2, -0.15) is 13.2 Å². The van der Waals surface area contributed by atoms with E-state index in [4.69, 9.17) is 0 Å². The van der Waals surface area contributed by atoms with Crippen LogP contribution in [0.15, 0.2) is 48.5 Å². The van der Waals surface area contributed by atoms with E-state index in [0.717, 1.165) is 11.1 Å². The number of hydrogen-bond acceptors (Lipinski definition) is 2. The molecule has 140 valence electrons. The molecule has 0 saturated heterocycles. The molecule has 0 spiro atoms. The quantitative estimate of drug-likeness (QED) is 0.756. The van der Waals surface area contributed by atoms with Gasteiger partial charge in [0.05, 0.1) is 6.61 Å². The average Bonchev–Trinajstić information content (AvgIpc) is 2.59. The Morgan fingerprint density at radius 1 is 0.962 bits per heavy atom. The third-order valence-corrected chi connectivity index (χ3v) is 3.81. The van der Waals surface area contributed by atoms with Crippen LogP contribution in [0, 0.1) is 6.92 Å². The molecule has 0 aliphatic carbocycles. The standard InChI is InChI=1S/C20H22F3NO2/c1-15-2-4-16(5-3-15)10-11-19(25)24-12-17-6-8-18(9-7-17)13-26-14-20(21,22)23/h2-9H,10-14H2,1H3,(H,24,25). The molecule has 3 nitrogen and oxygen atoms in total. The van der Waals surface area contributed by atoms with Crippen LogP contribution in [-0.4, -0.2) is 18.7 Å². The van der Waals surface area contributed by atoms with Gasteiger partial charge in [-0.3, -0.25) is 4.79 Å². The summed E-state index contributed by atoms with van der Waals surface area (Å²) in [6.07, 6.45) is -3.23. The van der Waals surface area contributed by atoms with E-state index in [2.05, 4.69) is 10.1 Å². The first-order chi connectivity index (χ1) is 12.3. The zero-order valence-electron chi connectivity index (χ0n) is 14.6. The summed E-state index contributed by atoms with van der Waals surface area (Å²) in [6, 6.07) is 15.0. The third-order valence-electron chi connectivity index (χ3n) is 3.81. The second-order valence-corrected chi connectivity index (χ2v) is 6.19. The molecule has 0 unspecified atom stereocenters. The molecule has 0 aliphatic rings. The molecule has 0 aromatic heterocycles. The van der Waals surface area contributed by atoms with E-state index in [1.165, 1.54) is 5.56 Å². The van der Waals surface area contributed by atoms with Crippen LogP contribution in [0.5, 0.6) is 0 Å². The fraction of sp³-hybridized carbons (Fsp3) is 0.350. The van der Waals surface area contributed by atoms with Crippen molar-refractivity contribution in [3.05, 3.63) is 70.8 Å². The first-order valence-corrected chi connectivity index (χ1v) is 8.36. The van der Waals surface area contributed by atoms with E-state index in [9.17, 15) is 18.0 Å². The Hall–Kier alpha value is -2.34. The Labute approximate surface area is 151 Å². The minimum absolute atomic E-state index is 0.0387. The van der Waals surface area contributed by atoms with Crippen molar-refractivity contribution in [3.8, 4) is 0 Å². The number of aryl methyl sites for hydroxylation is 2. The summed E-state index contributed by atoms with van der Waals surface area (Å²) < 4.78 is 40.7. The number of rotatable bonds is 8. The van der Waals surface area contributed by atoms with Gasteiger partial charge < -0.3 is 10.1 Å². The highest BCUT2D eigenvalue weighted by Gasteiger charge is 2.27. The normalized spacial score (nSPS) is 11.4. The Balaban J connectivity index is 1.69. The Bertz CT molecular complexity index is 694. The fourth-order valence-corrected chi connectivity index (χ4v) is 2.34. The largest absolute Gasteiger partial charge is 0.411 e. The minimum Gasteiger partial charge on any atom is -0.367 e. The lowest BCUT2D eigenvalue weighted by Gasteiger charge is -2.09. The number of ether oxygens (including phenoxy) is 1. The van der Waals surface area contributed by atoms with Gasteiger partial charge in [-0.25, -0.2) is 0 Å². The number of alkyl halides is 3. The number of carbonyl (C=O) groups excluding carboxylic acids is 1. The van der Waals surface area contributed by atoms with Gasteiger partial charge >= 0.3 is 6.18 Å². The molecule has 2 rings (SSSR count). The summed E-state index contributed by atoms with van der Waals surface area (Å²) in [5, 5.41) is 2.84. The number of halogens is 3. The summed E-state index contributed by atoms with van der Waals surface area (Å²) in [7, 11) is 0. The van der Waals surface area contributed by atoms with E-state index >= 15 is 0 Å². The van der Waals surface area contributed by atoms with Crippen LogP contribution in [0.3, 0.4) is 0 Å². The average molecular weight is 365 g/mol. The van der Waals surface area contributed by atoms with Gasteiger partial charge in [0.25, 0.3) is 0 Å². The summed E-state index contributed by atoms with van der Waals surface area (Å²) in [5.41, 5.74) is 3.84. The van der Waals surface area contributed by atoms with Crippen LogP contribution in [0.2, 0.25) is 0 Å². The van der Waals surface area contributed by atoms with Crippen LogP contribution in [0.1, 0.15) is 28.7 Å². The molecular weight excluding hydrogens is 343 g/mol. The van der Waals surface area contributed by atoms with Crippen molar-refractivity contribution in [2.45, 2.75) is 39.1 Å². The van der Waals surface area contributed by atoms with Crippen molar-refractivity contribution >= 4 is 5.91 Å². The number of carbonyl (C=O) groups is 1. The number of benzene rings is 2. The predicted molar refractivity (Wildman–Crippen MR) is 93.5 cm³/mol. The van der Waals surface area contributed by atoms with Gasteiger partial charge in [-0.1, -0.05) is 54.1 Å². The van der Waals surface area contributed by atoms with Crippen LogP contribution in [0.25, 0.3) is 0 Å². The van der Waals surface area contributed by atoms with Crippen molar-refractivity contribution in [2.75, 3.05) is 6.61 Å². The van der Waals surface area contributed by atoms with Gasteiger partial charge in [0, 0.05) is 13.0 Å². The van der Waals surface area contributed by atoms with Gasteiger partial charge in [-0.15, -0.1) is 0 Å². The highest BCUT2D eigenvalue weighted by molar-refractivity contribution is 5.76. The van der Waals surface area contributed by atoms with Crippen LogP contribution in [0.4, 0.5) is 13.2 Å². The number of hydrogen-bond donors (Lipinski definition) is 1. The first kappa shape index (κ1) is 20.0. The molecule has 0 heterocycles. The van der Waals surface area contributed by atoms with E-state index in [0.29, 0.717) is 24.9 Å². The molecule has 0 fully saturated rings. The molecule has 2 aromatic rings. The zero-order valence-corrected chi connectivity index (χ0v) is 14.6. The molecule has 2 aromatic carbocycles. The first-order valence-electron chi connectivity index (χ1n) is 8.36. The minimum atomic E-state index is -4.32. The van der Waals surface area contributed by atoms with Crippen molar-refractivity contribution in [1.82, 2.24) is 5.32 Å². The number of amides is 1. The molecule has 1 N–H and O–H groups in total. The van der Waals surface area contributed by atoms with E-state index < -0.39 is 12.8 Å². The van der Waals surface area contributed by atoms with Crippen molar-refractivity contribution in [2.24, 2.45) is 0 Å². The lowest BCUT2D eigenvalue weighted by Crippen LogP contribution is -2.23. The Morgan fingerprint density at radius 2 is 1.54 bits per heavy atom. The molecule has 26 heavy (non-hydrogen) atoms. The van der Waals surface area contributed by atoms with Crippen molar-refractivity contribution in [3.63, 3.8) is 0 Å².